The Morgan fingerprint density at radius 1 is 1.39 bits per heavy atom. The summed E-state index contributed by atoms with van der Waals surface area (Å²) in [6, 6.07) is 1.20. The van der Waals surface area contributed by atoms with Gasteiger partial charge in [-0.15, -0.1) is 0 Å². The van der Waals surface area contributed by atoms with Crippen LogP contribution in [0.25, 0.3) is 0 Å². The number of hydrogen-bond acceptors (Lipinski definition) is 3. The number of rotatable bonds is 3. The average Bonchev–Trinajstić information content (AvgIpc) is 2.62. The number of carboxylic acid groups (broad SMARTS) is 1. The summed E-state index contributed by atoms with van der Waals surface area (Å²) in [5.74, 6) is -3.04. The number of nitrogens with one attached hydrogen (secondary N) is 1. The van der Waals surface area contributed by atoms with Crippen molar-refractivity contribution in [1.29, 1.82) is 0 Å². The third-order valence-corrected chi connectivity index (χ3v) is 2.35. The standard InChI is InChI=1S/C10H10F3NO4/c1-5-3-6(4-18-5)7(15)14-9(2,8(16)17)10(11,12)13/h3-4H,1-2H3,(H,14,15)(H,16,17). The Balaban J connectivity index is 3.00. The lowest BCUT2D eigenvalue weighted by Gasteiger charge is -2.28. The molecule has 0 bridgehead atoms. The van der Waals surface area contributed by atoms with E-state index in [9.17, 15) is 22.8 Å². The van der Waals surface area contributed by atoms with Crippen LogP contribution in [0.15, 0.2) is 16.7 Å². The molecule has 2 N–H and O–H groups in total. The van der Waals surface area contributed by atoms with Gasteiger partial charge in [-0.2, -0.15) is 13.2 Å². The molecule has 0 aliphatic rings. The first-order chi connectivity index (χ1) is 8.08. The molecule has 0 radical (unpaired) electrons. The molecular weight excluding hydrogens is 255 g/mol. The largest absolute Gasteiger partial charge is 0.479 e. The Kier molecular flexibility index (Phi) is 3.40. The van der Waals surface area contributed by atoms with Gasteiger partial charge >= 0.3 is 12.1 Å². The van der Waals surface area contributed by atoms with Gasteiger partial charge in [0.15, 0.2) is 0 Å². The number of furan rings is 1. The van der Waals surface area contributed by atoms with Gasteiger partial charge in [0, 0.05) is 0 Å². The van der Waals surface area contributed by atoms with Crippen LogP contribution in [0.2, 0.25) is 0 Å². The Morgan fingerprint density at radius 2 is 1.94 bits per heavy atom. The fourth-order valence-corrected chi connectivity index (χ4v) is 1.11. The first kappa shape index (κ1) is 14.1. The fraction of sp³-hybridized carbons (Fsp3) is 0.400. The van der Waals surface area contributed by atoms with E-state index in [4.69, 9.17) is 9.52 Å². The van der Waals surface area contributed by atoms with E-state index in [2.05, 4.69) is 0 Å². The minimum absolute atomic E-state index is 0.177. The van der Waals surface area contributed by atoms with Crippen molar-refractivity contribution in [2.45, 2.75) is 25.6 Å². The zero-order valence-electron chi connectivity index (χ0n) is 9.46. The molecule has 100 valence electrons. The number of amides is 1. The molecule has 1 aromatic heterocycles. The lowest BCUT2D eigenvalue weighted by atomic mass is 10.0. The smallest absolute Gasteiger partial charge is 0.422 e. The van der Waals surface area contributed by atoms with Crippen LogP contribution in [0, 0.1) is 6.92 Å². The molecule has 0 saturated carbocycles. The van der Waals surface area contributed by atoms with Gasteiger partial charge in [-0.1, -0.05) is 0 Å². The van der Waals surface area contributed by atoms with Crippen molar-refractivity contribution in [2.75, 3.05) is 0 Å². The van der Waals surface area contributed by atoms with Crippen LogP contribution in [0.5, 0.6) is 0 Å². The molecule has 0 fully saturated rings. The molecule has 18 heavy (non-hydrogen) atoms. The average molecular weight is 265 g/mol. The van der Waals surface area contributed by atoms with Crippen molar-refractivity contribution in [3.05, 3.63) is 23.7 Å². The third-order valence-electron chi connectivity index (χ3n) is 2.35. The molecule has 1 rings (SSSR count). The van der Waals surface area contributed by atoms with Gasteiger partial charge in [-0.25, -0.2) is 4.79 Å². The normalized spacial score (nSPS) is 14.9. The summed E-state index contributed by atoms with van der Waals surface area (Å²) >= 11 is 0. The summed E-state index contributed by atoms with van der Waals surface area (Å²) in [7, 11) is 0. The van der Waals surface area contributed by atoms with E-state index in [0.717, 1.165) is 6.26 Å². The molecule has 1 unspecified atom stereocenters. The van der Waals surface area contributed by atoms with E-state index in [0.29, 0.717) is 12.7 Å². The number of carboxylic acids is 1. The molecule has 1 heterocycles. The number of alkyl halides is 3. The molecule has 0 aliphatic carbocycles. The van der Waals surface area contributed by atoms with E-state index in [1.54, 1.807) is 0 Å². The molecule has 1 aromatic rings. The topological polar surface area (TPSA) is 79.5 Å². The molecule has 0 saturated heterocycles. The summed E-state index contributed by atoms with van der Waals surface area (Å²) in [6.45, 7) is 1.87. The van der Waals surface area contributed by atoms with Crippen LogP contribution in [0.1, 0.15) is 23.0 Å². The minimum Gasteiger partial charge on any atom is -0.479 e. The monoisotopic (exact) mass is 265 g/mol. The summed E-state index contributed by atoms with van der Waals surface area (Å²) in [6.07, 6.45) is -4.17. The SMILES string of the molecule is Cc1cc(C(=O)NC(C)(C(=O)O)C(F)(F)F)co1. The fourth-order valence-electron chi connectivity index (χ4n) is 1.11. The van der Waals surface area contributed by atoms with Crippen molar-refractivity contribution < 1.29 is 32.3 Å². The number of hydrogen-bond donors (Lipinski definition) is 2. The van der Waals surface area contributed by atoms with Crippen LogP contribution in [-0.4, -0.2) is 28.7 Å². The van der Waals surface area contributed by atoms with E-state index in [1.165, 1.54) is 18.3 Å². The van der Waals surface area contributed by atoms with Crippen LogP contribution < -0.4 is 5.32 Å². The second-order valence-corrected chi connectivity index (χ2v) is 3.83. The highest BCUT2D eigenvalue weighted by Gasteiger charge is 2.58. The quantitative estimate of drug-likeness (QED) is 0.872. The number of carbonyl (C=O) groups excluding carboxylic acids is 1. The van der Waals surface area contributed by atoms with Gasteiger partial charge in [0.25, 0.3) is 5.91 Å². The van der Waals surface area contributed by atoms with Crippen LogP contribution in [0.3, 0.4) is 0 Å². The van der Waals surface area contributed by atoms with Crippen LogP contribution >= 0.6 is 0 Å². The predicted octanol–water partition coefficient (Wildman–Crippen LogP) is 1.72. The summed E-state index contributed by atoms with van der Waals surface area (Å²) in [5.41, 5.74) is -3.53. The molecule has 0 aliphatic heterocycles. The second kappa shape index (κ2) is 4.35. The van der Waals surface area contributed by atoms with Crippen molar-refractivity contribution in [1.82, 2.24) is 5.32 Å². The molecule has 8 heteroatoms. The highest BCUT2D eigenvalue weighted by Crippen LogP contribution is 2.30. The van der Waals surface area contributed by atoms with E-state index < -0.39 is 23.6 Å². The van der Waals surface area contributed by atoms with Crippen molar-refractivity contribution in [3.63, 3.8) is 0 Å². The van der Waals surface area contributed by atoms with E-state index in [1.807, 2.05) is 0 Å². The highest BCUT2D eigenvalue weighted by atomic mass is 19.4. The molecule has 5 nitrogen and oxygen atoms in total. The number of halogens is 3. The lowest BCUT2D eigenvalue weighted by Crippen LogP contribution is -2.61. The number of aliphatic carboxylic acids is 1. The van der Waals surface area contributed by atoms with Gasteiger partial charge < -0.3 is 14.8 Å². The summed E-state index contributed by atoms with van der Waals surface area (Å²) in [5, 5.41) is 10.0. The van der Waals surface area contributed by atoms with Crippen molar-refractivity contribution in [2.24, 2.45) is 0 Å². The molecule has 1 amide bonds. The predicted molar refractivity (Wildman–Crippen MR) is 53.0 cm³/mol. The van der Waals surface area contributed by atoms with Gasteiger partial charge in [-0.3, -0.25) is 4.79 Å². The Bertz CT molecular complexity index is 480. The van der Waals surface area contributed by atoms with E-state index >= 15 is 0 Å². The second-order valence-electron chi connectivity index (χ2n) is 3.83. The zero-order valence-corrected chi connectivity index (χ0v) is 9.46. The Morgan fingerprint density at radius 3 is 2.28 bits per heavy atom. The zero-order chi connectivity index (χ0) is 14.1. The third kappa shape index (κ3) is 2.47. The summed E-state index contributed by atoms with van der Waals surface area (Å²) < 4.78 is 42.6. The van der Waals surface area contributed by atoms with Gasteiger partial charge in [0.05, 0.1) is 5.56 Å². The minimum atomic E-state index is -5.12. The number of aryl methyl sites for hydroxylation is 1. The molecule has 0 spiro atoms. The maximum absolute atomic E-state index is 12.6. The van der Waals surface area contributed by atoms with Crippen molar-refractivity contribution in [3.8, 4) is 0 Å². The molecule has 1 atom stereocenters. The molecule has 0 aromatic carbocycles. The van der Waals surface area contributed by atoms with Gasteiger partial charge in [0.1, 0.15) is 12.0 Å². The number of carbonyl (C=O) groups is 2. The van der Waals surface area contributed by atoms with Gasteiger partial charge in [-0.05, 0) is 19.9 Å². The molecular formula is C10H10F3NO4. The van der Waals surface area contributed by atoms with Crippen LogP contribution in [0.4, 0.5) is 13.2 Å². The first-order valence-corrected chi connectivity index (χ1v) is 4.75. The van der Waals surface area contributed by atoms with E-state index in [-0.39, 0.29) is 5.56 Å². The highest BCUT2D eigenvalue weighted by molar-refractivity contribution is 5.97. The van der Waals surface area contributed by atoms with Gasteiger partial charge in [0.2, 0.25) is 5.54 Å². The Labute approximate surface area is 99.6 Å². The lowest BCUT2D eigenvalue weighted by molar-refractivity contribution is -0.203. The Hall–Kier alpha value is -1.99. The van der Waals surface area contributed by atoms with Crippen LogP contribution in [-0.2, 0) is 4.79 Å². The summed E-state index contributed by atoms with van der Waals surface area (Å²) in [4.78, 5) is 22.2. The maximum atomic E-state index is 12.6. The van der Waals surface area contributed by atoms with Crippen molar-refractivity contribution >= 4 is 11.9 Å². The maximum Gasteiger partial charge on any atom is 0.422 e. The first-order valence-electron chi connectivity index (χ1n) is 4.75.